The molecule has 1 atom stereocenters. The predicted molar refractivity (Wildman–Crippen MR) is 123 cm³/mol. The first-order chi connectivity index (χ1) is 15.1. The molecule has 0 radical (unpaired) electrons. The first-order valence-electron chi connectivity index (χ1n) is 10.8. The molecule has 0 aromatic carbocycles. The van der Waals surface area contributed by atoms with Crippen molar-refractivity contribution in [3.8, 4) is 11.3 Å². The van der Waals surface area contributed by atoms with Crippen LogP contribution in [0.25, 0.3) is 22.3 Å². The van der Waals surface area contributed by atoms with Gasteiger partial charge in [0.05, 0.1) is 40.3 Å². The summed E-state index contributed by atoms with van der Waals surface area (Å²) >= 11 is 0. The van der Waals surface area contributed by atoms with Gasteiger partial charge in [0, 0.05) is 43.2 Å². The van der Waals surface area contributed by atoms with Gasteiger partial charge in [-0.3, -0.25) is 18.8 Å². The van der Waals surface area contributed by atoms with Gasteiger partial charge in [-0.1, -0.05) is 0 Å². The zero-order valence-electron chi connectivity index (χ0n) is 20.0. The largest absolute Gasteiger partial charge is 0.345 e. The van der Waals surface area contributed by atoms with E-state index in [0.29, 0.717) is 11.2 Å². The molecule has 0 aliphatic heterocycles. The third-order valence-corrected chi connectivity index (χ3v) is 6.23. The minimum Gasteiger partial charge on any atom is -0.345 e. The smallest absolute Gasteiger partial charge is 0.252 e. The molecule has 0 bridgehead atoms. The van der Waals surface area contributed by atoms with Crippen LogP contribution in [-0.2, 0) is 20.6 Å². The van der Waals surface area contributed by atoms with Crippen molar-refractivity contribution in [2.45, 2.75) is 54.1 Å². The SMILES string of the molecule is CCn1nc(C)c(-c2cc(C(=O)N[C@@H](C)c3c(C)nn(C)c3C)c3cnn(C)c3n2)c1C. The normalized spacial score (nSPS) is 12.5. The maximum Gasteiger partial charge on any atom is 0.252 e. The molecule has 32 heavy (non-hydrogen) atoms. The molecule has 0 fully saturated rings. The molecular formula is C23H30N8O. The average molecular weight is 435 g/mol. The number of carbonyl (C=O) groups is 1. The number of carbonyl (C=O) groups excluding carboxylic acids is 1. The number of aryl methyl sites for hydroxylation is 5. The lowest BCUT2D eigenvalue weighted by molar-refractivity contribution is 0.0941. The highest BCUT2D eigenvalue weighted by atomic mass is 16.1. The first-order valence-corrected chi connectivity index (χ1v) is 10.8. The third kappa shape index (κ3) is 3.37. The summed E-state index contributed by atoms with van der Waals surface area (Å²) in [6.07, 6.45) is 1.70. The Morgan fingerprint density at radius 2 is 1.78 bits per heavy atom. The number of nitrogens with one attached hydrogen (secondary N) is 1. The number of pyridine rings is 1. The summed E-state index contributed by atoms with van der Waals surface area (Å²) in [5.41, 5.74) is 7.80. The van der Waals surface area contributed by atoms with Crippen LogP contribution in [0.4, 0.5) is 0 Å². The summed E-state index contributed by atoms with van der Waals surface area (Å²) < 4.78 is 5.49. The van der Waals surface area contributed by atoms with Crippen molar-refractivity contribution in [2.24, 2.45) is 14.1 Å². The predicted octanol–water partition coefficient (Wildman–Crippen LogP) is 3.31. The highest BCUT2D eigenvalue weighted by Gasteiger charge is 2.23. The average Bonchev–Trinajstić information content (AvgIpc) is 3.34. The third-order valence-electron chi connectivity index (χ3n) is 6.23. The van der Waals surface area contributed by atoms with Gasteiger partial charge in [0.2, 0.25) is 0 Å². The minimum atomic E-state index is -0.189. The number of fused-ring (bicyclic) bond motifs is 1. The van der Waals surface area contributed by atoms with E-state index in [1.807, 2.05) is 64.1 Å². The molecule has 0 aliphatic rings. The molecular weight excluding hydrogens is 404 g/mol. The number of nitrogens with zero attached hydrogens (tertiary/aromatic N) is 7. The fraction of sp³-hybridized carbons (Fsp3) is 0.435. The van der Waals surface area contributed by atoms with Gasteiger partial charge in [-0.2, -0.15) is 15.3 Å². The van der Waals surface area contributed by atoms with Crippen molar-refractivity contribution in [2.75, 3.05) is 0 Å². The Morgan fingerprint density at radius 3 is 2.38 bits per heavy atom. The van der Waals surface area contributed by atoms with Gasteiger partial charge in [-0.25, -0.2) is 4.98 Å². The van der Waals surface area contributed by atoms with Crippen LogP contribution in [-0.4, -0.2) is 40.2 Å². The summed E-state index contributed by atoms with van der Waals surface area (Å²) in [6.45, 7) is 12.8. The molecule has 4 heterocycles. The van der Waals surface area contributed by atoms with Gasteiger partial charge < -0.3 is 5.32 Å². The number of hydrogen-bond donors (Lipinski definition) is 1. The van der Waals surface area contributed by atoms with E-state index in [4.69, 9.17) is 4.98 Å². The Morgan fingerprint density at radius 1 is 1.06 bits per heavy atom. The summed E-state index contributed by atoms with van der Waals surface area (Å²) in [5, 5.41) is 17.3. The van der Waals surface area contributed by atoms with E-state index < -0.39 is 0 Å². The lowest BCUT2D eigenvalue weighted by atomic mass is 10.0. The van der Waals surface area contributed by atoms with Crippen molar-refractivity contribution in [3.63, 3.8) is 0 Å². The Labute approximate surface area is 187 Å². The zero-order chi connectivity index (χ0) is 23.3. The maximum atomic E-state index is 13.5. The molecule has 0 saturated heterocycles. The van der Waals surface area contributed by atoms with E-state index in [9.17, 15) is 4.79 Å². The number of hydrogen-bond acceptors (Lipinski definition) is 5. The van der Waals surface area contributed by atoms with E-state index in [0.717, 1.165) is 51.5 Å². The van der Waals surface area contributed by atoms with Crippen LogP contribution in [0.5, 0.6) is 0 Å². The maximum absolute atomic E-state index is 13.5. The summed E-state index contributed by atoms with van der Waals surface area (Å²) in [4.78, 5) is 18.3. The topological polar surface area (TPSA) is 95.5 Å². The molecule has 4 aromatic heterocycles. The monoisotopic (exact) mass is 434 g/mol. The van der Waals surface area contributed by atoms with Crippen LogP contribution in [0.1, 0.15) is 58.6 Å². The second-order valence-electron chi connectivity index (χ2n) is 8.33. The minimum absolute atomic E-state index is 0.167. The van der Waals surface area contributed by atoms with E-state index in [-0.39, 0.29) is 11.9 Å². The molecule has 1 amide bonds. The molecule has 0 saturated carbocycles. The lowest BCUT2D eigenvalue weighted by Crippen LogP contribution is -2.27. The fourth-order valence-corrected chi connectivity index (χ4v) is 4.57. The van der Waals surface area contributed by atoms with Crippen LogP contribution < -0.4 is 5.32 Å². The Kier molecular flexibility index (Phi) is 5.36. The Hall–Kier alpha value is -3.49. The van der Waals surface area contributed by atoms with Gasteiger partial charge in [-0.05, 0) is 47.6 Å². The molecule has 0 unspecified atom stereocenters. The van der Waals surface area contributed by atoms with Crippen LogP contribution in [0, 0.1) is 27.7 Å². The van der Waals surface area contributed by atoms with Gasteiger partial charge >= 0.3 is 0 Å². The molecule has 9 nitrogen and oxygen atoms in total. The van der Waals surface area contributed by atoms with Crippen molar-refractivity contribution in [3.05, 3.63) is 46.2 Å². The summed E-state index contributed by atoms with van der Waals surface area (Å²) in [6, 6.07) is 1.66. The van der Waals surface area contributed by atoms with Crippen molar-refractivity contribution >= 4 is 16.9 Å². The van der Waals surface area contributed by atoms with Crippen molar-refractivity contribution < 1.29 is 4.79 Å². The lowest BCUT2D eigenvalue weighted by Gasteiger charge is -2.16. The van der Waals surface area contributed by atoms with Crippen molar-refractivity contribution in [1.82, 2.24) is 39.6 Å². The standard InChI is InChI=1S/C23H30N8O/c1-9-31-16(6)21(14(4)28-31)19-10-17(18-11-24-30(8)22(18)26-19)23(32)25-12(2)20-13(3)27-29(7)15(20)5/h10-12H,9H2,1-8H3,(H,25,32)/t12-/m0/s1. The molecule has 9 heteroatoms. The quantitative estimate of drug-likeness (QED) is 0.520. The first kappa shape index (κ1) is 21.7. The van der Waals surface area contributed by atoms with E-state index in [1.165, 1.54) is 0 Å². The van der Waals surface area contributed by atoms with Gasteiger partial charge in [0.25, 0.3) is 5.91 Å². The second-order valence-corrected chi connectivity index (χ2v) is 8.33. The highest BCUT2D eigenvalue weighted by molar-refractivity contribution is 6.06. The van der Waals surface area contributed by atoms with E-state index in [2.05, 4.69) is 27.5 Å². The second kappa shape index (κ2) is 7.89. The number of rotatable bonds is 5. The van der Waals surface area contributed by atoms with Crippen LogP contribution in [0.2, 0.25) is 0 Å². The summed E-state index contributed by atoms with van der Waals surface area (Å²) in [7, 11) is 3.75. The van der Waals surface area contributed by atoms with Gasteiger partial charge in [-0.15, -0.1) is 0 Å². The highest BCUT2D eigenvalue weighted by Crippen LogP contribution is 2.30. The number of amides is 1. The Balaban J connectivity index is 1.80. The van der Waals surface area contributed by atoms with Gasteiger partial charge in [0.15, 0.2) is 5.65 Å². The zero-order valence-corrected chi connectivity index (χ0v) is 20.0. The molecule has 0 spiro atoms. The molecule has 168 valence electrons. The van der Waals surface area contributed by atoms with E-state index >= 15 is 0 Å². The molecule has 0 aliphatic carbocycles. The molecule has 4 rings (SSSR count). The van der Waals surface area contributed by atoms with Gasteiger partial charge in [0.1, 0.15) is 0 Å². The molecule has 4 aromatic rings. The fourth-order valence-electron chi connectivity index (χ4n) is 4.57. The van der Waals surface area contributed by atoms with Crippen molar-refractivity contribution in [1.29, 1.82) is 0 Å². The summed E-state index contributed by atoms with van der Waals surface area (Å²) in [5.74, 6) is -0.167. The molecule has 1 N–H and O–H groups in total. The van der Waals surface area contributed by atoms with Crippen LogP contribution in [0.3, 0.4) is 0 Å². The van der Waals surface area contributed by atoms with Crippen LogP contribution >= 0.6 is 0 Å². The Bertz CT molecular complexity index is 1340. The number of aromatic nitrogens is 7. The van der Waals surface area contributed by atoms with Crippen LogP contribution in [0.15, 0.2) is 12.3 Å². The van der Waals surface area contributed by atoms with E-state index in [1.54, 1.807) is 10.9 Å².